The number of rotatable bonds is 8. The van der Waals surface area contributed by atoms with E-state index < -0.39 is 22.0 Å². The van der Waals surface area contributed by atoms with Crippen molar-refractivity contribution in [2.75, 3.05) is 20.3 Å². The third-order valence-electron chi connectivity index (χ3n) is 3.74. The van der Waals surface area contributed by atoms with Crippen LogP contribution in [-0.4, -0.2) is 47.0 Å². The number of hydrogen-bond acceptors (Lipinski definition) is 6. The maximum absolute atomic E-state index is 12.4. The van der Waals surface area contributed by atoms with Crippen LogP contribution in [0.5, 0.6) is 0 Å². The number of carbonyl (C=O) groups is 1. The minimum absolute atomic E-state index is 0.115. The van der Waals surface area contributed by atoms with Crippen LogP contribution in [0.3, 0.4) is 0 Å². The van der Waals surface area contributed by atoms with E-state index in [1.807, 2.05) is 6.92 Å². The Hall–Kier alpha value is -1.48. The molecule has 0 bridgehead atoms. The highest BCUT2D eigenvalue weighted by Crippen LogP contribution is 2.16. The Morgan fingerprint density at radius 3 is 2.50 bits per heavy atom. The lowest BCUT2D eigenvalue weighted by molar-refractivity contribution is -0.142. The summed E-state index contributed by atoms with van der Waals surface area (Å²) in [5.74, 6) is -0.612. The second-order valence-electron chi connectivity index (χ2n) is 5.61. The van der Waals surface area contributed by atoms with Gasteiger partial charge in [0.2, 0.25) is 10.0 Å². The molecule has 24 heavy (non-hydrogen) atoms. The number of esters is 1. The predicted octanol–water partition coefficient (Wildman–Crippen LogP) is 1.36. The summed E-state index contributed by atoms with van der Waals surface area (Å²) < 4.78 is 42.6. The van der Waals surface area contributed by atoms with Crippen molar-refractivity contribution in [2.24, 2.45) is 0 Å². The molecule has 1 aliphatic heterocycles. The van der Waals surface area contributed by atoms with E-state index in [1.165, 1.54) is 19.2 Å². The third kappa shape index (κ3) is 5.27. The van der Waals surface area contributed by atoms with Crippen LogP contribution in [0, 0.1) is 6.92 Å². The van der Waals surface area contributed by atoms with Gasteiger partial charge in [-0.2, -0.15) is 4.72 Å². The zero-order chi connectivity index (χ0) is 17.6. The minimum atomic E-state index is -3.79. The van der Waals surface area contributed by atoms with Crippen molar-refractivity contribution in [1.82, 2.24) is 4.72 Å². The monoisotopic (exact) mass is 357 g/mol. The minimum Gasteiger partial charge on any atom is -0.468 e. The van der Waals surface area contributed by atoms with Crippen LogP contribution in [0.2, 0.25) is 0 Å². The van der Waals surface area contributed by atoms with Gasteiger partial charge >= 0.3 is 5.97 Å². The molecule has 0 radical (unpaired) electrons. The van der Waals surface area contributed by atoms with Crippen LogP contribution in [0.25, 0.3) is 0 Å². The first kappa shape index (κ1) is 18.9. The molecule has 8 heteroatoms. The number of benzene rings is 1. The van der Waals surface area contributed by atoms with Crippen LogP contribution in [0.4, 0.5) is 0 Å². The van der Waals surface area contributed by atoms with Gasteiger partial charge < -0.3 is 14.2 Å². The van der Waals surface area contributed by atoms with Crippen molar-refractivity contribution in [3.8, 4) is 0 Å². The summed E-state index contributed by atoms with van der Waals surface area (Å²) in [5.41, 5.74) is 0.954. The zero-order valence-corrected chi connectivity index (χ0v) is 14.7. The first-order chi connectivity index (χ1) is 11.4. The number of hydrogen-bond donors (Lipinski definition) is 1. The van der Waals surface area contributed by atoms with E-state index >= 15 is 0 Å². The quantitative estimate of drug-likeness (QED) is 0.707. The normalized spacial score (nSPS) is 16.9. The summed E-state index contributed by atoms with van der Waals surface area (Å²) in [6, 6.07) is 5.48. The van der Waals surface area contributed by atoms with E-state index in [0.717, 1.165) is 5.56 Å². The summed E-state index contributed by atoms with van der Waals surface area (Å²) in [7, 11) is -2.56. The molecular formula is C16H23NO6S. The van der Waals surface area contributed by atoms with E-state index in [1.54, 1.807) is 12.1 Å². The molecule has 1 saturated heterocycles. The number of ether oxygens (including phenoxy) is 3. The van der Waals surface area contributed by atoms with E-state index in [-0.39, 0.29) is 11.2 Å². The molecule has 2 rings (SSSR count). The Morgan fingerprint density at radius 2 is 1.92 bits per heavy atom. The number of aryl methyl sites for hydroxylation is 1. The van der Waals surface area contributed by atoms with Gasteiger partial charge in [-0.3, -0.25) is 4.79 Å². The molecular weight excluding hydrogens is 334 g/mol. The number of nitrogens with one attached hydrogen (secondary N) is 1. The molecule has 1 fully saturated rings. The van der Waals surface area contributed by atoms with Gasteiger partial charge in [-0.1, -0.05) is 17.7 Å². The highest BCUT2D eigenvalue weighted by molar-refractivity contribution is 7.89. The average molecular weight is 357 g/mol. The largest absolute Gasteiger partial charge is 0.468 e. The van der Waals surface area contributed by atoms with Crippen LogP contribution in [0.15, 0.2) is 29.2 Å². The molecule has 0 aromatic heterocycles. The fraction of sp³-hybridized carbons (Fsp3) is 0.562. The van der Waals surface area contributed by atoms with Gasteiger partial charge in [0.1, 0.15) is 6.04 Å². The Kier molecular flexibility index (Phi) is 6.73. The van der Waals surface area contributed by atoms with Crippen LogP contribution >= 0.6 is 0 Å². The third-order valence-corrected chi connectivity index (χ3v) is 5.23. The molecule has 7 nitrogen and oxygen atoms in total. The van der Waals surface area contributed by atoms with Crippen molar-refractivity contribution in [3.63, 3.8) is 0 Å². The van der Waals surface area contributed by atoms with Gasteiger partial charge in [-0.25, -0.2) is 8.42 Å². The van der Waals surface area contributed by atoms with Crippen molar-refractivity contribution < 1.29 is 27.4 Å². The molecule has 1 heterocycles. The van der Waals surface area contributed by atoms with Crippen molar-refractivity contribution in [1.29, 1.82) is 0 Å². The molecule has 0 saturated carbocycles. The van der Waals surface area contributed by atoms with Gasteiger partial charge in [0.05, 0.1) is 25.2 Å². The van der Waals surface area contributed by atoms with E-state index in [2.05, 4.69) is 4.72 Å². The molecule has 0 aliphatic carbocycles. The fourth-order valence-corrected chi connectivity index (χ4v) is 3.62. The SMILES string of the molecule is COC(=O)C(CCCC1OCCO1)NS(=O)(=O)c1ccc(C)cc1. The van der Waals surface area contributed by atoms with Crippen molar-refractivity contribution in [3.05, 3.63) is 29.8 Å². The van der Waals surface area contributed by atoms with Crippen LogP contribution in [-0.2, 0) is 29.0 Å². The van der Waals surface area contributed by atoms with Gasteiger partial charge in [0, 0.05) is 0 Å². The van der Waals surface area contributed by atoms with Crippen molar-refractivity contribution >= 4 is 16.0 Å². The summed E-state index contributed by atoms with van der Waals surface area (Å²) in [4.78, 5) is 12.0. The first-order valence-electron chi connectivity index (χ1n) is 7.82. The highest BCUT2D eigenvalue weighted by atomic mass is 32.2. The first-order valence-corrected chi connectivity index (χ1v) is 9.31. The maximum Gasteiger partial charge on any atom is 0.323 e. The second kappa shape index (κ2) is 8.57. The number of methoxy groups -OCH3 is 1. The Labute approximate surface area is 142 Å². The Morgan fingerprint density at radius 1 is 1.29 bits per heavy atom. The van der Waals surface area contributed by atoms with E-state index in [9.17, 15) is 13.2 Å². The van der Waals surface area contributed by atoms with Gasteiger partial charge in [-0.15, -0.1) is 0 Å². The lowest BCUT2D eigenvalue weighted by Crippen LogP contribution is -2.41. The lowest BCUT2D eigenvalue weighted by Gasteiger charge is -2.17. The standard InChI is InChI=1S/C16H23NO6S/c1-12-6-8-13(9-7-12)24(19,20)17-14(16(18)21-2)4-3-5-15-22-10-11-23-15/h6-9,14-15,17H,3-5,10-11H2,1-2H3. The molecule has 1 unspecified atom stereocenters. The van der Waals surface area contributed by atoms with Crippen molar-refractivity contribution in [2.45, 2.75) is 43.4 Å². The summed E-state index contributed by atoms with van der Waals surface area (Å²) in [5, 5.41) is 0. The molecule has 1 N–H and O–H groups in total. The fourth-order valence-electron chi connectivity index (χ4n) is 2.40. The summed E-state index contributed by atoms with van der Waals surface area (Å²) in [6.07, 6.45) is 1.19. The van der Waals surface area contributed by atoms with E-state index in [4.69, 9.17) is 14.2 Å². The predicted molar refractivity (Wildman–Crippen MR) is 86.8 cm³/mol. The molecule has 1 aliphatic rings. The average Bonchev–Trinajstić information content (AvgIpc) is 3.07. The molecule has 0 spiro atoms. The maximum atomic E-state index is 12.4. The van der Waals surface area contributed by atoms with Gasteiger partial charge in [-0.05, 0) is 38.3 Å². The number of sulfonamides is 1. The Balaban J connectivity index is 1.98. The molecule has 1 aromatic carbocycles. The molecule has 1 atom stereocenters. The van der Waals surface area contributed by atoms with E-state index in [0.29, 0.717) is 32.5 Å². The van der Waals surface area contributed by atoms with Gasteiger partial charge in [0.15, 0.2) is 6.29 Å². The smallest absolute Gasteiger partial charge is 0.323 e. The van der Waals surface area contributed by atoms with Crippen LogP contribution < -0.4 is 4.72 Å². The summed E-state index contributed by atoms with van der Waals surface area (Å²) >= 11 is 0. The second-order valence-corrected chi connectivity index (χ2v) is 7.33. The lowest BCUT2D eigenvalue weighted by atomic mass is 10.1. The van der Waals surface area contributed by atoms with Crippen LogP contribution in [0.1, 0.15) is 24.8 Å². The number of carbonyl (C=O) groups excluding carboxylic acids is 1. The summed E-state index contributed by atoms with van der Waals surface area (Å²) in [6.45, 7) is 2.99. The Bertz CT molecular complexity index is 637. The zero-order valence-electron chi connectivity index (χ0n) is 13.9. The molecule has 0 amide bonds. The molecule has 1 aromatic rings. The topological polar surface area (TPSA) is 90.9 Å². The highest BCUT2D eigenvalue weighted by Gasteiger charge is 2.27. The van der Waals surface area contributed by atoms with Gasteiger partial charge in [0.25, 0.3) is 0 Å². The molecule has 134 valence electrons.